The zero-order valence-electron chi connectivity index (χ0n) is 11.5. The Morgan fingerprint density at radius 3 is 2.79 bits per heavy atom. The van der Waals surface area contributed by atoms with E-state index in [0.717, 1.165) is 6.54 Å². The van der Waals surface area contributed by atoms with Gasteiger partial charge in [-0.25, -0.2) is 4.98 Å². The smallest absolute Gasteiger partial charge is 0.256 e. The van der Waals surface area contributed by atoms with Crippen LogP contribution in [0.2, 0.25) is 5.15 Å². The van der Waals surface area contributed by atoms with E-state index in [1.165, 1.54) is 12.3 Å². The highest BCUT2D eigenvalue weighted by molar-refractivity contribution is 6.29. The van der Waals surface area contributed by atoms with Gasteiger partial charge in [-0.05, 0) is 27.0 Å². The summed E-state index contributed by atoms with van der Waals surface area (Å²) in [5, 5.41) is 0.283. The zero-order chi connectivity index (χ0) is 14.2. The molecule has 0 radical (unpaired) electrons. The van der Waals surface area contributed by atoms with E-state index < -0.39 is 0 Å². The quantitative estimate of drug-likeness (QED) is 0.793. The number of hydrogen-bond acceptors (Lipinski definition) is 4. The molecule has 19 heavy (non-hydrogen) atoms. The fourth-order valence-corrected chi connectivity index (χ4v) is 2.37. The Bertz CT molecular complexity index is 503. The summed E-state index contributed by atoms with van der Waals surface area (Å²) in [6, 6.07) is 1.53. The van der Waals surface area contributed by atoms with Crippen molar-refractivity contribution in [1.82, 2.24) is 14.8 Å². The number of likely N-dealkylation sites (N-methyl/N-ethyl adjacent to an activating group) is 1. The Hall–Kier alpha value is -1.33. The summed E-state index contributed by atoms with van der Waals surface area (Å²) in [4.78, 5) is 20.4. The number of carbonyl (C=O) groups is 1. The highest BCUT2D eigenvalue weighted by atomic mass is 35.5. The van der Waals surface area contributed by atoms with Crippen LogP contribution in [0.1, 0.15) is 24.2 Å². The van der Waals surface area contributed by atoms with Crippen LogP contribution in [0.3, 0.4) is 0 Å². The summed E-state index contributed by atoms with van der Waals surface area (Å²) < 4.78 is 0. The number of rotatable bonds is 1. The molecule has 2 heterocycles. The molecular weight excluding hydrogens is 264 g/mol. The first-order chi connectivity index (χ1) is 8.81. The predicted octanol–water partition coefficient (Wildman–Crippen LogP) is 1.48. The Labute approximate surface area is 118 Å². The number of anilines is 1. The van der Waals surface area contributed by atoms with Crippen LogP contribution in [0.15, 0.2) is 12.3 Å². The van der Waals surface area contributed by atoms with Crippen molar-refractivity contribution in [1.29, 1.82) is 0 Å². The molecule has 2 N–H and O–H groups in total. The van der Waals surface area contributed by atoms with Crippen LogP contribution in [0.25, 0.3) is 0 Å². The van der Waals surface area contributed by atoms with Crippen molar-refractivity contribution in [3.63, 3.8) is 0 Å². The minimum absolute atomic E-state index is 0.0422. The fourth-order valence-electron chi connectivity index (χ4n) is 2.21. The number of amides is 1. The monoisotopic (exact) mass is 282 g/mol. The van der Waals surface area contributed by atoms with Crippen molar-refractivity contribution >= 4 is 23.2 Å². The summed E-state index contributed by atoms with van der Waals surface area (Å²) >= 11 is 5.83. The normalized spacial score (nSPS) is 19.5. The van der Waals surface area contributed by atoms with Crippen LogP contribution in [0, 0.1) is 0 Å². The van der Waals surface area contributed by atoms with E-state index in [1.807, 2.05) is 4.90 Å². The average molecular weight is 283 g/mol. The first kappa shape index (κ1) is 14.1. The molecule has 1 saturated heterocycles. The molecule has 2 rings (SSSR count). The molecule has 1 aliphatic rings. The minimum atomic E-state index is -0.0806. The van der Waals surface area contributed by atoms with Crippen molar-refractivity contribution in [2.24, 2.45) is 0 Å². The van der Waals surface area contributed by atoms with Gasteiger partial charge in [-0.15, -0.1) is 0 Å². The number of pyridine rings is 1. The second-order valence-corrected chi connectivity index (χ2v) is 5.94. The topological polar surface area (TPSA) is 62.5 Å². The molecular formula is C13H19ClN4O. The molecule has 1 fully saturated rings. The lowest BCUT2D eigenvalue weighted by atomic mass is 9.99. The van der Waals surface area contributed by atoms with Gasteiger partial charge in [0.2, 0.25) is 0 Å². The molecule has 0 aromatic carbocycles. The third kappa shape index (κ3) is 2.82. The van der Waals surface area contributed by atoms with Crippen molar-refractivity contribution in [3.8, 4) is 0 Å². The average Bonchev–Trinajstić information content (AvgIpc) is 2.35. The SMILES string of the molecule is CN1CCN(C(=O)c2cc(Cl)ncc2N)CC1(C)C. The summed E-state index contributed by atoms with van der Waals surface area (Å²) in [7, 11) is 2.07. The summed E-state index contributed by atoms with van der Waals surface area (Å²) in [6.45, 7) is 6.45. The summed E-state index contributed by atoms with van der Waals surface area (Å²) in [6.07, 6.45) is 1.43. The molecule has 0 saturated carbocycles. The molecule has 1 amide bonds. The van der Waals surface area contributed by atoms with Gasteiger partial charge in [0.05, 0.1) is 17.4 Å². The second kappa shape index (κ2) is 4.98. The van der Waals surface area contributed by atoms with E-state index in [1.54, 1.807) is 0 Å². The van der Waals surface area contributed by atoms with Crippen LogP contribution >= 0.6 is 11.6 Å². The molecule has 0 aliphatic carbocycles. The molecule has 1 aliphatic heterocycles. The van der Waals surface area contributed by atoms with Gasteiger partial charge in [-0.3, -0.25) is 9.69 Å². The Morgan fingerprint density at radius 2 is 2.16 bits per heavy atom. The number of nitrogens with zero attached hydrogens (tertiary/aromatic N) is 3. The number of carbonyl (C=O) groups excluding carboxylic acids is 1. The first-order valence-corrected chi connectivity index (χ1v) is 6.60. The maximum atomic E-state index is 12.5. The van der Waals surface area contributed by atoms with E-state index in [4.69, 9.17) is 17.3 Å². The number of hydrogen-bond donors (Lipinski definition) is 1. The van der Waals surface area contributed by atoms with Gasteiger partial charge in [-0.2, -0.15) is 0 Å². The highest BCUT2D eigenvalue weighted by Crippen LogP contribution is 2.23. The van der Waals surface area contributed by atoms with Gasteiger partial charge in [0, 0.05) is 25.2 Å². The third-order valence-corrected chi connectivity index (χ3v) is 3.94. The summed E-state index contributed by atoms with van der Waals surface area (Å²) in [5.74, 6) is -0.0806. The van der Waals surface area contributed by atoms with Crippen LogP contribution in [-0.4, -0.2) is 52.9 Å². The van der Waals surface area contributed by atoms with E-state index in [-0.39, 0.29) is 16.6 Å². The Kier molecular flexibility index (Phi) is 3.69. The van der Waals surface area contributed by atoms with Crippen LogP contribution in [0.4, 0.5) is 5.69 Å². The Morgan fingerprint density at radius 1 is 1.47 bits per heavy atom. The van der Waals surface area contributed by atoms with Crippen molar-refractivity contribution in [2.75, 3.05) is 32.4 Å². The Balaban J connectivity index is 2.23. The molecule has 0 unspecified atom stereocenters. The van der Waals surface area contributed by atoms with Gasteiger partial charge in [-0.1, -0.05) is 11.6 Å². The van der Waals surface area contributed by atoms with Gasteiger partial charge in [0.15, 0.2) is 0 Å². The van der Waals surface area contributed by atoms with Gasteiger partial charge in [0.1, 0.15) is 5.15 Å². The maximum Gasteiger partial charge on any atom is 0.256 e. The van der Waals surface area contributed by atoms with Crippen molar-refractivity contribution in [3.05, 3.63) is 23.0 Å². The molecule has 1 aromatic rings. The van der Waals surface area contributed by atoms with Gasteiger partial charge in [0.25, 0.3) is 5.91 Å². The molecule has 1 aromatic heterocycles. The van der Waals surface area contributed by atoms with E-state index >= 15 is 0 Å². The fraction of sp³-hybridized carbons (Fsp3) is 0.538. The highest BCUT2D eigenvalue weighted by Gasteiger charge is 2.34. The van der Waals surface area contributed by atoms with E-state index in [9.17, 15) is 4.79 Å². The van der Waals surface area contributed by atoms with E-state index in [0.29, 0.717) is 24.3 Å². The van der Waals surface area contributed by atoms with Crippen molar-refractivity contribution < 1.29 is 4.79 Å². The molecule has 0 atom stereocenters. The molecule has 0 bridgehead atoms. The second-order valence-electron chi connectivity index (χ2n) is 5.55. The lowest BCUT2D eigenvalue weighted by molar-refractivity contribution is 0.0312. The molecule has 6 heteroatoms. The molecule has 104 valence electrons. The lowest BCUT2D eigenvalue weighted by Gasteiger charge is -2.45. The zero-order valence-corrected chi connectivity index (χ0v) is 12.2. The van der Waals surface area contributed by atoms with Gasteiger partial charge < -0.3 is 10.6 Å². The molecule has 5 nitrogen and oxygen atoms in total. The van der Waals surface area contributed by atoms with E-state index in [2.05, 4.69) is 30.8 Å². The number of nitrogens with two attached hydrogens (primary N) is 1. The maximum absolute atomic E-state index is 12.5. The number of halogens is 1. The van der Waals surface area contributed by atoms with Crippen LogP contribution < -0.4 is 5.73 Å². The van der Waals surface area contributed by atoms with Crippen LogP contribution in [0.5, 0.6) is 0 Å². The number of aromatic nitrogens is 1. The summed E-state index contributed by atoms with van der Waals surface area (Å²) in [5.41, 5.74) is 6.57. The predicted molar refractivity (Wildman–Crippen MR) is 76.3 cm³/mol. The van der Waals surface area contributed by atoms with Crippen LogP contribution in [-0.2, 0) is 0 Å². The standard InChI is InChI=1S/C13H19ClN4O/c1-13(2)8-18(5-4-17(13)3)12(19)9-6-11(14)16-7-10(9)15/h6-7H,4-5,8,15H2,1-3H3. The largest absolute Gasteiger partial charge is 0.397 e. The molecule has 0 spiro atoms. The van der Waals surface area contributed by atoms with Crippen molar-refractivity contribution in [2.45, 2.75) is 19.4 Å². The first-order valence-electron chi connectivity index (χ1n) is 6.23. The van der Waals surface area contributed by atoms with Gasteiger partial charge >= 0.3 is 0 Å². The number of nitrogen functional groups attached to an aromatic ring is 1. The minimum Gasteiger partial charge on any atom is -0.397 e. The number of piperazine rings is 1. The third-order valence-electron chi connectivity index (χ3n) is 3.74. The lowest BCUT2D eigenvalue weighted by Crippen LogP contribution is -2.58.